The molecule has 1 aliphatic rings. The number of amides is 2. The van der Waals surface area contributed by atoms with E-state index in [0.717, 1.165) is 12.0 Å². The van der Waals surface area contributed by atoms with Gasteiger partial charge in [0.1, 0.15) is 5.60 Å². The Bertz CT molecular complexity index is 585. The van der Waals surface area contributed by atoms with E-state index in [9.17, 15) is 27.6 Å². The quantitative estimate of drug-likeness (QED) is 0.596. The average Bonchev–Trinajstić information content (AvgIpc) is 2.84. The molecule has 1 heterocycles. The Kier molecular flexibility index (Phi) is 6.32. The molecule has 0 saturated carbocycles. The number of alkyl halides is 3. The highest BCUT2D eigenvalue weighted by molar-refractivity contribution is 5.92. The minimum Gasteiger partial charge on any atom is -0.467 e. The number of ether oxygens (including phenoxy) is 2. The van der Waals surface area contributed by atoms with E-state index in [4.69, 9.17) is 4.74 Å². The van der Waals surface area contributed by atoms with Gasteiger partial charge in [0.2, 0.25) is 0 Å². The highest BCUT2D eigenvalue weighted by Gasteiger charge is 2.58. The molecule has 0 aromatic rings. The van der Waals surface area contributed by atoms with E-state index >= 15 is 0 Å². The van der Waals surface area contributed by atoms with E-state index in [1.807, 2.05) is 0 Å². The van der Waals surface area contributed by atoms with E-state index in [1.165, 1.54) is 6.08 Å². The molecule has 0 radical (unpaired) electrons. The summed E-state index contributed by atoms with van der Waals surface area (Å²) in [4.78, 5) is 37.2. The van der Waals surface area contributed by atoms with Crippen molar-refractivity contribution in [3.63, 3.8) is 0 Å². The summed E-state index contributed by atoms with van der Waals surface area (Å²) in [6.45, 7) is 7.78. The van der Waals surface area contributed by atoms with E-state index in [0.29, 0.717) is 0 Å². The fourth-order valence-electron chi connectivity index (χ4n) is 2.74. The first kappa shape index (κ1) is 21.8. The number of allylic oxidation sites excluding steroid dienone is 1. The summed E-state index contributed by atoms with van der Waals surface area (Å²) in [5.41, 5.74) is -2.89. The number of hydrogen-bond acceptors (Lipinski definition) is 5. The Hall–Kier alpha value is -2.26. The summed E-state index contributed by atoms with van der Waals surface area (Å²) in [6.07, 6.45) is -4.54. The van der Waals surface area contributed by atoms with Gasteiger partial charge >= 0.3 is 24.1 Å². The molecule has 0 bridgehead atoms. The van der Waals surface area contributed by atoms with Crippen molar-refractivity contribution in [3.05, 3.63) is 12.7 Å². The van der Waals surface area contributed by atoms with Gasteiger partial charge in [0.05, 0.1) is 13.7 Å². The van der Waals surface area contributed by atoms with Crippen molar-refractivity contribution < 1.29 is 37.0 Å². The second-order valence-electron chi connectivity index (χ2n) is 7.00. The van der Waals surface area contributed by atoms with Gasteiger partial charge in [0, 0.05) is 12.5 Å². The number of carbonyl (C=O) groups is 3. The van der Waals surface area contributed by atoms with Crippen LogP contribution in [0.15, 0.2) is 12.7 Å². The van der Waals surface area contributed by atoms with Crippen LogP contribution in [0, 0.1) is 5.92 Å². The Morgan fingerprint density at radius 2 is 1.88 bits per heavy atom. The van der Waals surface area contributed by atoms with Crippen LogP contribution < -0.4 is 5.32 Å². The number of hydrogen-bond donors (Lipinski definition) is 1. The summed E-state index contributed by atoms with van der Waals surface area (Å²) >= 11 is 0. The third-order valence-electron chi connectivity index (χ3n) is 3.82. The summed E-state index contributed by atoms with van der Waals surface area (Å²) in [5, 5.41) is 1.73. The van der Waals surface area contributed by atoms with Crippen molar-refractivity contribution in [1.82, 2.24) is 10.2 Å². The van der Waals surface area contributed by atoms with E-state index < -0.39 is 47.7 Å². The number of carbonyl (C=O) groups excluding carboxylic acids is 3. The minimum atomic E-state index is -5.20. The summed E-state index contributed by atoms with van der Waals surface area (Å²) < 4.78 is 48.0. The van der Waals surface area contributed by atoms with Crippen LogP contribution in [0.5, 0.6) is 0 Å². The molecule has 1 aliphatic heterocycles. The molecule has 2 atom stereocenters. The Labute approximate surface area is 149 Å². The molecule has 148 valence electrons. The molecule has 1 N–H and O–H groups in total. The number of nitrogens with one attached hydrogen (secondary N) is 1. The fraction of sp³-hybridized carbons (Fsp3) is 0.688. The summed E-state index contributed by atoms with van der Waals surface area (Å²) in [5.74, 6) is -4.22. The lowest BCUT2D eigenvalue weighted by Gasteiger charge is -2.32. The summed E-state index contributed by atoms with van der Waals surface area (Å²) in [7, 11) is 0.991. The van der Waals surface area contributed by atoms with Crippen LogP contribution in [0.1, 0.15) is 27.2 Å². The van der Waals surface area contributed by atoms with Gasteiger partial charge in [-0.15, -0.1) is 6.58 Å². The number of methoxy groups -OCH3 is 1. The van der Waals surface area contributed by atoms with Gasteiger partial charge in [-0.3, -0.25) is 4.79 Å². The first-order chi connectivity index (χ1) is 11.8. The Morgan fingerprint density at radius 3 is 2.31 bits per heavy atom. The lowest BCUT2D eigenvalue weighted by atomic mass is 9.84. The Balaban J connectivity index is 3.23. The van der Waals surface area contributed by atoms with E-state index in [-0.39, 0.29) is 13.0 Å². The molecule has 1 fully saturated rings. The molecule has 1 rings (SSSR count). The highest BCUT2D eigenvalue weighted by atomic mass is 19.4. The van der Waals surface area contributed by atoms with Gasteiger partial charge in [-0.05, 0) is 27.2 Å². The maximum atomic E-state index is 12.7. The second-order valence-corrected chi connectivity index (χ2v) is 7.00. The molecule has 0 spiro atoms. The topological polar surface area (TPSA) is 84.9 Å². The molecular weight excluding hydrogens is 357 g/mol. The van der Waals surface area contributed by atoms with Crippen molar-refractivity contribution in [2.45, 2.75) is 44.5 Å². The minimum absolute atomic E-state index is 0.0759. The van der Waals surface area contributed by atoms with Crippen molar-refractivity contribution in [2.24, 2.45) is 5.92 Å². The maximum Gasteiger partial charge on any atom is 0.471 e. The number of halogens is 3. The molecule has 1 saturated heterocycles. The zero-order chi connectivity index (χ0) is 20.3. The smallest absolute Gasteiger partial charge is 0.467 e. The molecule has 0 unspecified atom stereocenters. The van der Waals surface area contributed by atoms with Gasteiger partial charge in [-0.25, -0.2) is 9.59 Å². The zero-order valence-corrected chi connectivity index (χ0v) is 15.1. The van der Waals surface area contributed by atoms with Crippen LogP contribution in [0.2, 0.25) is 0 Å². The fourth-order valence-corrected chi connectivity index (χ4v) is 2.74. The lowest BCUT2D eigenvalue weighted by Crippen LogP contribution is -2.63. The molecular formula is C16H23F3N2O5. The van der Waals surface area contributed by atoms with E-state index in [2.05, 4.69) is 11.3 Å². The van der Waals surface area contributed by atoms with Crippen LogP contribution in [0.25, 0.3) is 0 Å². The lowest BCUT2D eigenvalue weighted by molar-refractivity contribution is -0.178. The largest absolute Gasteiger partial charge is 0.471 e. The molecule has 2 amide bonds. The monoisotopic (exact) mass is 380 g/mol. The van der Waals surface area contributed by atoms with E-state index in [1.54, 1.807) is 26.1 Å². The molecule has 0 aromatic heterocycles. The maximum absolute atomic E-state index is 12.7. The third-order valence-corrected chi connectivity index (χ3v) is 3.82. The predicted octanol–water partition coefficient (Wildman–Crippen LogP) is 2.02. The van der Waals surface area contributed by atoms with Crippen LogP contribution in [-0.4, -0.2) is 60.4 Å². The van der Waals surface area contributed by atoms with Gasteiger partial charge < -0.3 is 19.7 Å². The number of rotatable bonds is 4. The van der Waals surface area contributed by atoms with Gasteiger partial charge in [-0.1, -0.05) is 6.08 Å². The van der Waals surface area contributed by atoms with Crippen molar-refractivity contribution in [1.29, 1.82) is 0 Å². The predicted molar refractivity (Wildman–Crippen MR) is 85.1 cm³/mol. The molecule has 10 heteroatoms. The number of likely N-dealkylation sites (tertiary alicyclic amines) is 1. The molecule has 7 nitrogen and oxygen atoms in total. The average molecular weight is 380 g/mol. The van der Waals surface area contributed by atoms with Crippen LogP contribution >= 0.6 is 0 Å². The number of nitrogens with zero attached hydrogens (tertiary/aromatic N) is 1. The Morgan fingerprint density at radius 1 is 1.31 bits per heavy atom. The second kappa shape index (κ2) is 7.55. The molecule has 0 aliphatic carbocycles. The number of esters is 1. The van der Waals surface area contributed by atoms with Gasteiger partial charge in [-0.2, -0.15) is 13.2 Å². The SMILES string of the molecule is C=CC[C@H]1CN(C(=O)OC(C)(C)C)C[C@@]1(NC(=O)C(F)(F)F)C(=O)OC. The van der Waals surface area contributed by atoms with Gasteiger partial charge in [0.15, 0.2) is 5.54 Å². The third kappa shape index (κ3) is 4.89. The normalized spacial score (nSPS) is 23.3. The van der Waals surface area contributed by atoms with Gasteiger partial charge in [0.25, 0.3) is 0 Å². The molecule has 26 heavy (non-hydrogen) atoms. The highest BCUT2D eigenvalue weighted by Crippen LogP contribution is 2.34. The molecule has 0 aromatic carbocycles. The van der Waals surface area contributed by atoms with Crippen LogP contribution in [-0.2, 0) is 19.1 Å². The van der Waals surface area contributed by atoms with Crippen LogP contribution in [0.3, 0.4) is 0 Å². The van der Waals surface area contributed by atoms with Crippen molar-refractivity contribution in [3.8, 4) is 0 Å². The first-order valence-corrected chi connectivity index (χ1v) is 7.83. The van der Waals surface area contributed by atoms with Crippen LogP contribution in [0.4, 0.5) is 18.0 Å². The summed E-state index contributed by atoms with van der Waals surface area (Å²) in [6, 6.07) is 0. The van der Waals surface area contributed by atoms with Crippen molar-refractivity contribution >= 4 is 18.0 Å². The first-order valence-electron chi connectivity index (χ1n) is 7.83. The standard InChI is InChI=1S/C16H23F3N2O5/c1-6-7-10-8-21(13(24)26-14(2,3)4)9-15(10,12(23)25-5)20-11(22)16(17,18)19/h6,10H,1,7-9H2,2-5H3,(H,20,22)/t10-,15-/m0/s1. The zero-order valence-electron chi connectivity index (χ0n) is 15.1. The van der Waals surface area contributed by atoms with Crippen molar-refractivity contribution in [2.75, 3.05) is 20.2 Å².